The Morgan fingerprint density at radius 2 is 1.62 bits per heavy atom. The van der Waals surface area contributed by atoms with E-state index in [-0.39, 0.29) is 5.54 Å². The Kier molecular flexibility index (Phi) is 4.03. The highest BCUT2D eigenvalue weighted by molar-refractivity contribution is 5.83. The molecule has 94 valence electrons. The van der Waals surface area contributed by atoms with Crippen molar-refractivity contribution < 1.29 is 0 Å². The van der Waals surface area contributed by atoms with Crippen molar-refractivity contribution in [3.8, 4) is 0 Å². The van der Waals surface area contributed by atoms with Crippen molar-refractivity contribution in [2.24, 2.45) is 22.1 Å². The molecule has 2 nitrogen and oxygen atoms in total. The summed E-state index contributed by atoms with van der Waals surface area (Å²) in [6, 6.07) is 0. The van der Waals surface area contributed by atoms with Gasteiger partial charge in [0.2, 0.25) is 0 Å². The smallest absolute Gasteiger partial charge is 0.0975 e. The molecule has 0 bridgehead atoms. The van der Waals surface area contributed by atoms with Crippen LogP contribution in [-0.4, -0.2) is 11.4 Å². The molecule has 1 aliphatic carbocycles. The van der Waals surface area contributed by atoms with Crippen LogP contribution in [0.15, 0.2) is 4.99 Å². The molecule has 1 fully saturated rings. The number of amidine groups is 1. The molecular formula is C14H28N2. The summed E-state index contributed by atoms with van der Waals surface area (Å²) in [7, 11) is 0. The largest absolute Gasteiger partial charge is 0.387 e. The number of hydrogen-bond acceptors (Lipinski definition) is 1. The van der Waals surface area contributed by atoms with Crippen LogP contribution in [0.1, 0.15) is 66.7 Å². The molecule has 0 saturated heterocycles. The molecule has 0 heterocycles. The van der Waals surface area contributed by atoms with Gasteiger partial charge in [0, 0.05) is 5.92 Å². The van der Waals surface area contributed by atoms with Crippen LogP contribution in [0.4, 0.5) is 0 Å². The van der Waals surface area contributed by atoms with Gasteiger partial charge < -0.3 is 5.73 Å². The second-order valence-electron chi connectivity index (χ2n) is 7.07. The number of nitrogens with two attached hydrogens (primary N) is 1. The van der Waals surface area contributed by atoms with Gasteiger partial charge in [0.1, 0.15) is 0 Å². The average molecular weight is 224 g/mol. The van der Waals surface area contributed by atoms with Gasteiger partial charge in [-0.3, -0.25) is 4.99 Å². The Bertz CT molecular complexity index is 252. The van der Waals surface area contributed by atoms with E-state index < -0.39 is 0 Å². The predicted molar refractivity (Wildman–Crippen MR) is 71.7 cm³/mol. The molecule has 0 radical (unpaired) electrons. The first-order valence-electron chi connectivity index (χ1n) is 6.55. The predicted octanol–water partition coefficient (Wildman–Crippen LogP) is 3.75. The van der Waals surface area contributed by atoms with Crippen LogP contribution < -0.4 is 5.73 Å². The van der Waals surface area contributed by atoms with E-state index in [4.69, 9.17) is 10.7 Å². The molecule has 0 spiro atoms. The third kappa shape index (κ3) is 4.54. The molecular weight excluding hydrogens is 196 g/mol. The van der Waals surface area contributed by atoms with Crippen LogP contribution in [0, 0.1) is 11.3 Å². The SMILES string of the molecule is CC(C)(C)CC(C)(C)N=C(N)C1CCCC1. The minimum absolute atomic E-state index is 0.0229. The highest BCUT2D eigenvalue weighted by Gasteiger charge is 2.27. The fourth-order valence-electron chi connectivity index (χ4n) is 3.00. The minimum Gasteiger partial charge on any atom is -0.387 e. The first-order chi connectivity index (χ1) is 7.20. The second kappa shape index (κ2) is 4.77. The monoisotopic (exact) mass is 224 g/mol. The Morgan fingerprint density at radius 3 is 2.06 bits per heavy atom. The van der Waals surface area contributed by atoms with E-state index in [0.717, 1.165) is 12.3 Å². The number of rotatable bonds is 3. The summed E-state index contributed by atoms with van der Waals surface area (Å²) in [5.41, 5.74) is 6.42. The van der Waals surface area contributed by atoms with E-state index in [1.807, 2.05) is 0 Å². The molecule has 1 saturated carbocycles. The van der Waals surface area contributed by atoms with Gasteiger partial charge in [-0.15, -0.1) is 0 Å². The highest BCUT2D eigenvalue weighted by atomic mass is 14.9. The third-order valence-electron chi connectivity index (χ3n) is 3.17. The lowest BCUT2D eigenvalue weighted by Gasteiger charge is -2.30. The molecule has 1 aliphatic rings. The van der Waals surface area contributed by atoms with Gasteiger partial charge in [0.25, 0.3) is 0 Å². The lowest BCUT2D eigenvalue weighted by atomic mass is 9.82. The Labute approximate surface area is 101 Å². The van der Waals surface area contributed by atoms with Crippen molar-refractivity contribution in [1.82, 2.24) is 0 Å². The summed E-state index contributed by atoms with van der Waals surface area (Å²) in [4.78, 5) is 4.77. The first-order valence-corrected chi connectivity index (χ1v) is 6.55. The lowest BCUT2D eigenvalue weighted by Crippen LogP contribution is -2.31. The van der Waals surface area contributed by atoms with Crippen LogP contribution in [0.2, 0.25) is 0 Å². The number of nitrogens with zero attached hydrogens (tertiary/aromatic N) is 1. The molecule has 0 unspecified atom stereocenters. The normalized spacial score (nSPS) is 20.4. The quantitative estimate of drug-likeness (QED) is 0.575. The maximum absolute atomic E-state index is 6.13. The lowest BCUT2D eigenvalue weighted by molar-refractivity contribution is 0.287. The van der Waals surface area contributed by atoms with Gasteiger partial charge in [-0.05, 0) is 38.5 Å². The van der Waals surface area contributed by atoms with Gasteiger partial charge in [0.15, 0.2) is 0 Å². The summed E-state index contributed by atoms with van der Waals surface area (Å²) < 4.78 is 0. The van der Waals surface area contributed by atoms with E-state index >= 15 is 0 Å². The van der Waals surface area contributed by atoms with Crippen molar-refractivity contribution in [1.29, 1.82) is 0 Å². The van der Waals surface area contributed by atoms with Crippen LogP contribution in [-0.2, 0) is 0 Å². The molecule has 2 heteroatoms. The van der Waals surface area contributed by atoms with Crippen LogP contribution in [0.25, 0.3) is 0 Å². The van der Waals surface area contributed by atoms with Crippen molar-refractivity contribution in [2.45, 2.75) is 72.3 Å². The van der Waals surface area contributed by atoms with Gasteiger partial charge >= 0.3 is 0 Å². The Morgan fingerprint density at radius 1 is 1.12 bits per heavy atom. The van der Waals surface area contributed by atoms with Crippen molar-refractivity contribution in [3.63, 3.8) is 0 Å². The molecule has 0 atom stereocenters. The van der Waals surface area contributed by atoms with Crippen LogP contribution in [0.5, 0.6) is 0 Å². The highest BCUT2D eigenvalue weighted by Crippen LogP contribution is 2.31. The summed E-state index contributed by atoms with van der Waals surface area (Å²) in [6.07, 6.45) is 6.19. The van der Waals surface area contributed by atoms with Gasteiger partial charge in [-0.25, -0.2) is 0 Å². The molecule has 16 heavy (non-hydrogen) atoms. The van der Waals surface area contributed by atoms with Gasteiger partial charge in [-0.1, -0.05) is 33.6 Å². The molecule has 1 rings (SSSR count). The zero-order chi connectivity index (χ0) is 12.4. The number of hydrogen-bond donors (Lipinski definition) is 1. The zero-order valence-corrected chi connectivity index (χ0v) is 11.6. The summed E-state index contributed by atoms with van der Waals surface area (Å²) in [6.45, 7) is 11.2. The van der Waals surface area contributed by atoms with Crippen molar-refractivity contribution in [2.75, 3.05) is 0 Å². The van der Waals surface area contributed by atoms with E-state index in [9.17, 15) is 0 Å². The third-order valence-corrected chi connectivity index (χ3v) is 3.17. The average Bonchev–Trinajstić information content (AvgIpc) is 2.48. The van der Waals surface area contributed by atoms with E-state index in [1.165, 1.54) is 25.7 Å². The number of aliphatic imine (C=N–C) groups is 1. The van der Waals surface area contributed by atoms with E-state index in [0.29, 0.717) is 11.3 Å². The topological polar surface area (TPSA) is 38.4 Å². The maximum Gasteiger partial charge on any atom is 0.0975 e. The molecule has 2 N–H and O–H groups in total. The van der Waals surface area contributed by atoms with Crippen molar-refractivity contribution >= 4 is 5.84 Å². The van der Waals surface area contributed by atoms with E-state index in [1.54, 1.807) is 0 Å². The zero-order valence-electron chi connectivity index (χ0n) is 11.6. The summed E-state index contributed by atoms with van der Waals surface area (Å²) in [5.74, 6) is 1.45. The maximum atomic E-state index is 6.13. The summed E-state index contributed by atoms with van der Waals surface area (Å²) >= 11 is 0. The Hall–Kier alpha value is -0.530. The minimum atomic E-state index is -0.0229. The molecule has 0 aromatic carbocycles. The molecule has 0 aromatic heterocycles. The van der Waals surface area contributed by atoms with Gasteiger partial charge in [0.05, 0.1) is 11.4 Å². The van der Waals surface area contributed by atoms with Crippen LogP contribution >= 0.6 is 0 Å². The standard InChI is InChI=1S/C14H28N2/c1-13(2,3)10-14(4,5)16-12(15)11-8-6-7-9-11/h11H,6-10H2,1-5H3,(H2,15,16). The van der Waals surface area contributed by atoms with Gasteiger partial charge in [-0.2, -0.15) is 0 Å². The molecule has 0 aliphatic heterocycles. The second-order valence-corrected chi connectivity index (χ2v) is 7.07. The summed E-state index contributed by atoms with van der Waals surface area (Å²) in [5, 5.41) is 0. The van der Waals surface area contributed by atoms with E-state index in [2.05, 4.69) is 34.6 Å². The molecule has 0 amide bonds. The first kappa shape index (κ1) is 13.5. The molecule has 0 aromatic rings. The van der Waals surface area contributed by atoms with Crippen LogP contribution in [0.3, 0.4) is 0 Å². The Balaban J connectivity index is 2.65. The fourth-order valence-corrected chi connectivity index (χ4v) is 3.00. The fraction of sp³-hybridized carbons (Fsp3) is 0.929. The van der Waals surface area contributed by atoms with Crippen molar-refractivity contribution in [3.05, 3.63) is 0 Å².